The van der Waals surface area contributed by atoms with Gasteiger partial charge >= 0.3 is 0 Å². The second kappa shape index (κ2) is 5.23. The molecule has 0 atom stereocenters. The zero-order valence-corrected chi connectivity index (χ0v) is 11.4. The molecule has 2 N–H and O–H groups in total. The van der Waals surface area contributed by atoms with Crippen LogP contribution in [0.1, 0.15) is 10.4 Å². The van der Waals surface area contributed by atoms with Gasteiger partial charge in [-0.1, -0.05) is 24.3 Å². The van der Waals surface area contributed by atoms with Gasteiger partial charge in [-0.2, -0.15) is 0 Å². The van der Waals surface area contributed by atoms with Crippen LogP contribution in [0.3, 0.4) is 0 Å². The Hall–Kier alpha value is -1.81. The Labute approximate surface area is 114 Å². The van der Waals surface area contributed by atoms with Crippen molar-refractivity contribution in [3.05, 3.63) is 52.5 Å². The number of amides is 1. The smallest absolute Gasteiger partial charge is 0.249 e. The van der Waals surface area contributed by atoms with Gasteiger partial charge in [-0.05, 0) is 39.7 Å². The summed E-state index contributed by atoms with van der Waals surface area (Å²) in [5, 5.41) is 0. The number of halogens is 1. The second-order valence-corrected chi connectivity index (χ2v) is 4.61. The third-order valence-corrected chi connectivity index (χ3v) is 3.31. The minimum Gasteiger partial charge on any atom is -0.496 e. The van der Waals surface area contributed by atoms with Crippen LogP contribution in [0.2, 0.25) is 0 Å². The standard InChI is InChI=1S/C14H12BrNO2/c1-18-13-5-3-2-4-10(13)9-6-7-11(14(16)17)12(15)8-9/h2-8H,1H3,(H2,16,17). The molecule has 4 heteroatoms. The molecule has 0 heterocycles. The molecule has 0 radical (unpaired) electrons. The van der Waals surface area contributed by atoms with Crippen molar-refractivity contribution in [2.75, 3.05) is 7.11 Å². The lowest BCUT2D eigenvalue weighted by molar-refractivity contribution is 0.0999. The van der Waals surface area contributed by atoms with E-state index in [1.165, 1.54) is 0 Å². The summed E-state index contributed by atoms with van der Waals surface area (Å²) >= 11 is 3.35. The van der Waals surface area contributed by atoms with E-state index in [4.69, 9.17) is 10.5 Å². The molecule has 3 nitrogen and oxygen atoms in total. The monoisotopic (exact) mass is 305 g/mol. The normalized spacial score (nSPS) is 10.1. The molecule has 0 saturated carbocycles. The van der Waals surface area contributed by atoms with Gasteiger partial charge in [-0.15, -0.1) is 0 Å². The third kappa shape index (κ3) is 2.38. The van der Waals surface area contributed by atoms with E-state index in [-0.39, 0.29) is 0 Å². The predicted octanol–water partition coefficient (Wildman–Crippen LogP) is 3.22. The fraction of sp³-hybridized carbons (Fsp3) is 0.0714. The fourth-order valence-corrected chi connectivity index (χ4v) is 2.34. The fourth-order valence-electron chi connectivity index (χ4n) is 1.77. The minimum atomic E-state index is -0.451. The van der Waals surface area contributed by atoms with Crippen LogP contribution in [0.5, 0.6) is 5.75 Å². The number of primary amides is 1. The number of rotatable bonds is 3. The van der Waals surface area contributed by atoms with E-state index in [0.717, 1.165) is 16.9 Å². The van der Waals surface area contributed by atoms with Crippen LogP contribution in [-0.2, 0) is 0 Å². The molecule has 92 valence electrons. The predicted molar refractivity (Wildman–Crippen MR) is 74.6 cm³/mol. The van der Waals surface area contributed by atoms with Crippen LogP contribution in [0.4, 0.5) is 0 Å². The molecule has 0 unspecified atom stereocenters. The number of hydrogen-bond donors (Lipinski definition) is 1. The van der Waals surface area contributed by atoms with E-state index in [1.807, 2.05) is 36.4 Å². The molecular weight excluding hydrogens is 294 g/mol. The molecule has 0 aliphatic heterocycles. The van der Waals surface area contributed by atoms with E-state index < -0.39 is 5.91 Å². The first kappa shape index (κ1) is 12.6. The Kier molecular flexibility index (Phi) is 3.67. The number of ether oxygens (including phenoxy) is 1. The molecular formula is C14H12BrNO2. The maximum atomic E-state index is 11.2. The number of methoxy groups -OCH3 is 1. The number of nitrogens with two attached hydrogens (primary N) is 1. The summed E-state index contributed by atoms with van der Waals surface area (Å²) in [6.45, 7) is 0. The Morgan fingerprint density at radius 3 is 2.56 bits per heavy atom. The highest BCUT2D eigenvalue weighted by Gasteiger charge is 2.10. The summed E-state index contributed by atoms with van der Waals surface area (Å²) in [6.07, 6.45) is 0. The SMILES string of the molecule is COc1ccccc1-c1ccc(C(N)=O)c(Br)c1. The van der Waals surface area contributed by atoms with Gasteiger partial charge in [0.15, 0.2) is 0 Å². The van der Waals surface area contributed by atoms with Crippen LogP contribution in [0.25, 0.3) is 11.1 Å². The Bertz CT molecular complexity index is 596. The van der Waals surface area contributed by atoms with Gasteiger partial charge in [-0.3, -0.25) is 4.79 Å². The van der Waals surface area contributed by atoms with Crippen molar-refractivity contribution in [2.45, 2.75) is 0 Å². The lowest BCUT2D eigenvalue weighted by atomic mass is 10.0. The topological polar surface area (TPSA) is 52.3 Å². The van der Waals surface area contributed by atoms with E-state index >= 15 is 0 Å². The van der Waals surface area contributed by atoms with Gasteiger partial charge in [0.2, 0.25) is 5.91 Å². The van der Waals surface area contributed by atoms with Crippen molar-refractivity contribution in [3.63, 3.8) is 0 Å². The van der Waals surface area contributed by atoms with Crippen molar-refractivity contribution in [1.29, 1.82) is 0 Å². The van der Waals surface area contributed by atoms with Crippen molar-refractivity contribution >= 4 is 21.8 Å². The first-order valence-electron chi connectivity index (χ1n) is 5.36. The molecule has 0 spiro atoms. The molecule has 18 heavy (non-hydrogen) atoms. The zero-order chi connectivity index (χ0) is 13.1. The number of benzene rings is 2. The Balaban J connectivity index is 2.52. The summed E-state index contributed by atoms with van der Waals surface area (Å²) in [7, 11) is 1.63. The summed E-state index contributed by atoms with van der Waals surface area (Å²) in [5.41, 5.74) is 7.66. The van der Waals surface area contributed by atoms with Gasteiger partial charge < -0.3 is 10.5 Å². The molecule has 2 rings (SSSR count). The lowest BCUT2D eigenvalue weighted by Crippen LogP contribution is -2.11. The maximum Gasteiger partial charge on any atom is 0.249 e. The van der Waals surface area contributed by atoms with Gasteiger partial charge in [0.05, 0.1) is 12.7 Å². The number of carbonyl (C=O) groups is 1. The zero-order valence-electron chi connectivity index (χ0n) is 9.81. The Morgan fingerprint density at radius 1 is 1.22 bits per heavy atom. The largest absolute Gasteiger partial charge is 0.496 e. The number of hydrogen-bond acceptors (Lipinski definition) is 2. The van der Waals surface area contributed by atoms with Crippen LogP contribution in [0, 0.1) is 0 Å². The average molecular weight is 306 g/mol. The maximum absolute atomic E-state index is 11.2. The first-order chi connectivity index (χ1) is 8.63. The van der Waals surface area contributed by atoms with Crippen molar-refractivity contribution < 1.29 is 9.53 Å². The van der Waals surface area contributed by atoms with Crippen molar-refractivity contribution in [3.8, 4) is 16.9 Å². The summed E-state index contributed by atoms with van der Waals surface area (Å²) in [6, 6.07) is 13.1. The highest BCUT2D eigenvalue weighted by molar-refractivity contribution is 9.10. The van der Waals surface area contributed by atoms with Gasteiger partial charge in [0, 0.05) is 10.0 Å². The van der Waals surface area contributed by atoms with Gasteiger partial charge in [0.25, 0.3) is 0 Å². The number of carbonyl (C=O) groups excluding carboxylic acids is 1. The highest BCUT2D eigenvalue weighted by Crippen LogP contribution is 2.32. The third-order valence-electron chi connectivity index (χ3n) is 2.65. The average Bonchev–Trinajstić information content (AvgIpc) is 2.38. The van der Waals surface area contributed by atoms with Crippen molar-refractivity contribution in [1.82, 2.24) is 0 Å². The molecule has 2 aromatic rings. The van der Waals surface area contributed by atoms with Crippen LogP contribution >= 0.6 is 15.9 Å². The molecule has 1 amide bonds. The summed E-state index contributed by atoms with van der Waals surface area (Å²) in [4.78, 5) is 11.2. The molecule has 2 aromatic carbocycles. The van der Waals surface area contributed by atoms with Crippen LogP contribution in [-0.4, -0.2) is 13.0 Å². The number of para-hydroxylation sites is 1. The molecule has 0 bridgehead atoms. The quantitative estimate of drug-likeness (QED) is 0.946. The summed E-state index contributed by atoms with van der Waals surface area (Å²) < 4.78 is 5.99. The van der Waals surface area contributed by atoms with Crippen molar-refractivity contribution in [2.24, 2.45) is 5.73 Å². The summed E-state index contributed by atoms with van der Waals surface area (Å²) in [5.74, 6) is 0.338. The highest BCUT2D eigenvalue weighted by atomic mass is 79.9. The Morgan fingerprint density at radius 2 is 1.94 bits per heavy atom. The van der Waals surface area contributed by atoms with E-state index in [0.29, 0.717) is 10.0 Å². The first-order valence-corrected chi connectivity index (χ1v) is 6.15. The molecule has 0 aromatic heterocycles. The van der Waals surface area contributed by atoms with Gasteiger partial charge in [0.1, 0.15) is 5.75 Å². The second-order valence-electron chi connectivity index (χ2n) is 3.76. The minimum absolute atomic E-state index is 0.451. The van der Waals surface area contributed by atoms with Crippen LogP contribution in [0.15, 0.2) is 46.9 Å². The van der Waals surface area contributed by atoms with Crippen LogP contribution < -0.4 is 10.5 Å². The lowest BCUT2D eigenvalue weighted by Gasteiger charge is -2.09. The van der Waals surface area contributed by atoms with E-state index in [9.17, 15) is 4.79 Å². The van der Waals surface area contributed by atoms with E-state index in [1.54, 1.807) is 13.2 Å². The van der Waals surface area contributed by atoms with Gasteiger partial charge in [-0.25, -0.2) is 0 Å². The van der Waals surface area contributed by atoms with E-state index in [2.05, 4.69) is 15.9 Å². The molecule has 0 fully saturated rings. The molecule has 0 aliphatic rings. The molecule has 0 aliphatic carbocycles. The molecule has 0 saturated heterocycles.